The van der Waals surface area contributed by atoms with E-state index in [0.717, 1.165) is 48.5 Å². The highest BCUT2D eigenvalue weighted by Gasteiger charge is 2.52. The van der Waals surface area contributed by atoms with Crippen molar-refractivity contribution in [1.29, 1.82) is 0 Å². The molecule has 2 aromatic rings. The van der Waals surface area contributed by atoms with Gasteiger partial charge >= 0.3 is 0 Å². The van der Waals surface area contributed by atoms with Crippen molar-refractivity contribution in [3.8, 4) is 17.0 Å². The highest BCUT2D eigenvalue weighted by Crippen LogP contribution is 2.48. The van der Waals surface area contributed by atoms with Gasteiger partial charge < -0.3 is 10.1 Å². The summed E-state index contributed by atoms with van der Waals surface area (Å²) in [5, 5.41) is 3.39. The van der Waals surface area contributed by atoms with Crippen LogP contribution in [0.25, 0.3) is 11.3 Å². The van der Waals surface area contributed by atoms with Crippen LogP contribution < -0.4 is 10.1 Å². The number of ether oxygens (including phenoxy) is 1. The predicted octanol–water partition coefficient (Wildman–Crippen LogP) is 2.00. The van der Waals surface area contributed by atoms with Crippen LogP contribution in [0.15, 0.2) is 47.5 Å². The molecule has 1 aliphatic carbocycles. The molecule has 1 saturated heterocycles. The Morgan fingerprint density at radius 2 is 1.83 bits per heavy atom. The Labute approximate surface area is 142 Å². The SMILES string of the molecule is CS(=O)(=O)c1ccc(-c2ccc(OCC3C4CNCC43)cc2)nc1. The van der Waals surface area contributed by atoms with Crippen LogP contribution in [0.5, 0.6) is 5.75 Å². The first kappa shape index (κ1) is 15.6. The molecule has 4 rings (SSSR count). The monoisotopic (exact) mass is 344 g/mol. The number of fused-ring (bicyclic) bond motifs is 1. The number of rotatable bonds is 5. The number of aromatic nitrogens is 1. The molecular weight excluding hydrogens is 324 g/mol. The van der Waals surface area contributed by atoms with Crippen LogP contribution in [0.3, 0.4) is 0 Å². The average Bonchev–Trinajstić information content (AvgIpc) is 3.00. The Morgan fingerprint density at radius 3 is 2.42 bits per heavy atom. The molecule has 0 radical (unpaired) electrons. The maximum absolute atomic E-state index is 11.5. The normalized spacial score (nSPS) is 25.3. The van der Waals surface area contributed by atoms with Gasteiger partial charge in [-0.1, -0.05) is 0 Å². The molecule has 2 aliphatic rings. The van der Waals surface area contributed by atoms with Gasteiger partial charge in [-0.15, -0.1) is 0 Å². The molecule has 1 N–H and O–H groups in total. The fourth-order valence-electron chi connectivity index (χ4n) is 3.48. The Hall–Kier alpha value is -1.92. The van der Waals surface area contributed by atoms with E-state index in [-0.39, 0.29) is 4.90 Å². The molecule has 5 nitrogen and oxygen atoms in total. The predicted molar refractivity (Wildman–Crippen MR) is 91.6 cm³/mol. The van der Waals surface area contributed by atoms with Gasteiger partial charge in [-0.2, -0.15) is 0 Å². The van der Waals surface area contributed by atoms with Crippen molar-refractivity contribution in [1.82, 2.24) is 10.3 Å². The smallest absolute Gasteiger partial charge is 0.177 e. The van der Waals surface area contributed by atoms with Crippen molar-refractivity contribution in [3.63, 3.8) is 0 Å². The minimum absolute atomic E-state index is 0.232. The van der Waals surface area contributed by atoms with Gasteiger partial charge in [0.05, 0.1) is 17.2 Å². The van der Waals surface area contributed by atoms with Crippen molar-refractivity contribution in [3.05, 3.63) is 42.6 Å². The fraction of sp³-hybridized carbons (Fsp3) is 0.389. The third-order valence-corrected chi connectivity index (χ3v) is 6.12. The van der Waals surface area contributed by atoms with Crippen LogP contribution in [-0.2, 0) is 9.84 Å². The zero-order valence-electron chi connectivity index (χ0n) is 13.5. The van der Waals surface area contributed by atoms with Crippen LogP contribution in [0, 0.1) is 17.8 Å². The second-order valence-electron chi connectivity index (χ2n) is 6.64. The highest BCUT2D eigenvalue weighted by atomic mass is 32.2. The topological polar surface area (TPSA) is 68.3 Å². The Balaban J connectivity index is 1.40. The van der Waals surface area contributed by atoms with Gasteiger partial charge in [0.1, 0.15) is 5.75 Å². The van der Waals surface area contributed by atoms with Crippen LogP contribution >= 0.6 is 0 Å². The molecule has 24 heavy (non-hydrogen) atoms. The molecule has 2 atom stereocenters. The van der Waals surface area contributed by atoms with Crippen LogP contribution in [0.1, 0.15) is 0 Å². The van der Waals surface area contributed by atoms with Gasteiger partial charge in [0.15, 0.2) is 9.84 Å². The summed E-state index contributed by atoms with van der Waals surface area (Å²) in [5.74, 6) is 3.18. The molecule has 0 amide bonds. The Bertz CT molecular complexity index is 822. The van der Waals surface area contributed by atoms with E-state index >= 15 is 0 Å². The number of hydrogen-bond donors (Lipinski definition) is 1. The molecule has 2 unspecified atom stereocenters. The van der Waals surface area contributed by atoms with Crippen LogP contribution in [0.4, 0.5) is 0 Å². The summed E-state index contributed by atoms with van der Waals surface area (Å²) in [6, 6.07) is 11.1. The first-order chi connectivity index (χ1) is 11.5. The van der Waals surface area contributed by atoms with Crippen LogP contribution in [0.2, 0.25) is 0 Å². The molecule has 2 heterocycles. The van der Waals surface area contributed by atoms with E-state index in [0.29, 0.717) is 5.92 Å². The van der Waals surface area contributed by atoms with Crippen molar-refractivity contribution in [2.45, 2.75) is 4.90 Å². The summed E-state index contributed by atoms with van der Waals surface area (Å²) in [5.41, 5.74) is 1.69. The van der Waals surface area contributed by atoms with Crippen molar-refractivity contribution < 1.29 is 13.2 Å². The number of pyridine rings is 1. The standard InChI is InChI=1S/C18H20N2O3S/c1-24(21,22)14-6-7-18(20-8-14)12-2-4-13(5-3-12)23-11-17-15-9-19-10-16(15)17/h2-8,15-17,19H,9-11H2,1H3. The van der Waals surface area contributed by atoms with E-state index in [1.807, 2.05) is 24.3 Å². The summed E-state index contributed by atoms with van der Waals surface area (Å²) in [4.78, 5) is 4.47. The largest absolute Gasteiger partial charge is 0.493 e. The number of nitrogens with zero attached hydrogens (tertiary/aromatic N) is 1. The second kappa shape index (κ2) is 5.86. The summed E-state index contributed by atoms with van der Waals surface area (Å²) in [6.45, 7) is 3.05. The van der Waals surface area contributed by atoms with Gasteiger partial charge in [-0.25, -0.2) is 8.42 Å². The van der Waals surface area contributed by atoms with E-state index in [1.54, 1.807) is 12.1 Å². The van der Waals surface area contributed by atoms with E-state index in [4.69, 9.17) is 4.74 Å². The lowest BCUT2D eigenvalue weighted by atomic mass is 10.1. The van der Waals surface area contributed by atoms with Crippen molar-refractivity contribution in [2.24, 2.45) is 17.8 Å². The van der Waals surface area contributed by atoms with Gasteiger partial charge in [0.25, 0.3) is 0 Å². The van der Waals surface area contributed by atoms with Crippen LogP contribution in [-0.4, -0.2) is 39.4 Å². The Kier molecular flexibility index (Phi) is 3.81. The summed E-state index contributed by atoms with van der Waals surface area (Å²) in [7, 11) is -3.21. The van der Waals surface area contributed by atoms with E-state index < -0.39 is 9.84 Å². The lowest BCUT2D eigenvalue weighted by molar-refractivity contribution is 0.280. The number of piperidine rings is 1. The number of nitrogens with one attached hydrogen (secondary N) is 1. The van der Waals surface area contributed by atoms with Crippen molar-refractivity contribution in [2.75, 3.05) is 26.0 Å². The summed E-state index contributed by atoms with van der Waals surface area (Å²) >= 11 is 0. The molecule has 1 aliphatic heterocycles. The summed E-state index contributed by atoms with van der Waals surface area (Å²) < 4.78 is 28.8. The van der Waals surface area contributed by atoms with Gasteiger partial charge in [-0.05, 0) is 61.3 Å². The molecule has 2 fully saturated rings. The van der Waals surface area contributed by atoms with Gasteiger partial charge in [-0.3, -0.25) is 4.98 Å². The average molecular weight is 344 g/mol. The zero-order valence-corrected chi connectivity index (χ0v) is 14.3. The molecule has 1 aromatic heterocycles. The summed E-state index contributed by atoms with van der Waals surface area (Å²) in [6.07, 6.45) is 2.58. The molecule has 0 bridgehead atoms. The van der Waals surface area contributed by atoms with Crippen molar-refractivity contribution >= 4 is 9.84 Å². The van der Waals surface area contributed by atoms with Gasteiger partial charge in [0.2, 0.25) is 0 Å². The Morgan fingerprint density at radius 1 is 1.12 bits per heavy atom. The maximum atomic E-state index is 11.5. The second-order valence-corrected chi connectivity index (χ2v) is 8.65. The first-order valence-electron chi connectivity index (χ1n) is 8.12. The molecule has 6 heteroatoms. The maximum Gasteiger partial charge on any atom is 0.177 e. The molecule has 126 valence electrons. The molecular formula is C18H20N2O3S. The third kappa shape index (κ3) is 3.03. The number of sulfone groups is 1. The minimum Gasteiger partial charge on any atom is -0.493 e. The fourth-order valence-corrected chi connectivity index (χ4v) is 4.04. The molecule has 1 saturated carbocycles. The van der Waals surface area contributed by atoms with E-state index in [9.17, 15) is 8.42 Å². The lowest BCUT2D eigenvalue weighted by Crippen LogP contribution is -2.17. The van der Waals surface area contributed by atoms with E-state index in [1.165, 1.54) is 12.5 Å². The molecule has 1 aromatic carbocycles. The number of benzene rings is 1. The lowest BCUT2D eigenvalue weighted by Gasteiger charge is -2.09. The number of hydrogen-bond acceptors (Lipinski definition) is 5. The van der Waals surface area contributed by atoms with Gasteiger partial charge in [0, 0.05) is 23.9 Å². The third-order valence-electron chi connectivity index (χ3n) is 5.03. The molecule has 0 spiro atoms. The minimum atomic E-state index is -3.21. The highest BCUT2D eigenvalue weighted by molar-refractivity contribution is 7.90. The zero-order chi connectivity index (χ0) is 16.7. The quantitative estimate of drug-likeness (QED) is 0.898. The van der Waals surface area contributed by atoms with E-state index in [2.05, 4.69) is 10.3 Å². The first-order valence-corrected chi connectivity index (χ1v) is 10.0.